The van der Waals surface area contributed by atoms with E-state index in [-0.39, 0.29) is 12.3 Å². The molecule has 2 N–H and O–H groups in total. The smallest absolute Gasteiger partial charge is 0.160 e. The van der Waals surface area contributed by atoms with Gasteiger partial charge in [0.15, 0.2) is 6.29 Å². The van der Waals surface area contributed by atoms with Gasteiger partial charge in [0, 0.05) is 22.0 Å². The molecule has 3 nitrogen and oxygen atoms in total. The van der Waals surface area contributed by atoms with Crippen LogP contribution in [0.15, 0.2) is 133 Å². The zero-order valence-corrected chi connectivity index (χ0v) is 21.2. The fraction of sp³-hybridized carbons (Fsp3) is 0.0556. The van der Waals surface area contributed by atoms with Crippen LogP contribution in [0.25, 0.3) is 60.5 Å². The zero-order valence-electron chi connectivity index (χ0n) is 21.2. The molecule has 1 aromatic heterocycles. The first-order valence-corrected chi connectivity index (χ1v) is 13.6. The molecular weight excluding hydrogens is 474 g/mol. The van der Waals surface area contributed by atoms with Crippen molar-refractivity contribution in [3.63, 3.8) is 0 Å². The third-order valence-corrected chi connectivity index (χ3v) is 8.63. The molecule has 1 aliphatic heterocycles. The number of nitrogens with zero attached hydrogens (tertiary/aromatic N) is 1. The molecule has 184 valence electrons. The van der Waals surface area contributed by atoms with Crippen LogP contribution in [-0.2, 0) is 0 Å². The molecule has 2 atom stereocenters. The number of nitrogens with one attached hydrogen (secondary N) is 2. The number of rotatable bonds is 2. The van der Waals surface area contributed by atoms with Crippen LogP contribution < -0.4 is 10.6 Å². The molecule has 2 unspecified atom stereocenters. The lowest BCUT2D eigenvalue weighted by molar-refractivity contribution is 0.363. The summed E-state index contributed by atoms with van der Waals surface area (Å²) in [5.74, 6) is 0. The highest BCUT2D eigenvalue weighted by Crippen LogP contribution is 2.49. The summed E-state index contributed by atoms with van der Waals surface area (Å²) in [5, 5.41) is 13.1. The molecule has 0 saturated heterocycles. The summed E-state index contributed by atoms with van der Waals surface area (Å²) in [6.07, 6.45) is 8.70. The first kappa shape index (κ1) is 21.1. The van der Waals surface area contributed by atoms with E-state index in [2.05, 4.69) is 143 Å². The largest absolute Gasteiger partial charge is 0.352 e. The maximum Gasteiger partial charge on any atom is 0.160 e. The molecule has 9 rings (SSSR count). The van der Waals surface area contributed by atoms with Crippen LogP contribution in [0.2, 0.25) is 0 Å². The van der Waals surface area contributed by atoms with E-state index in [4.69, 9.17) is 0 Å². The van der Waals surface area contributed by atoms with E-state index in [0.29, 0.717) is 0 Å². The van der Waals surface area contributed by atoms with Crippen LogP contribution in [0.4, 0.5) is 0 Å². The van der Waals surface area contributed by atoms with Gasteiger partial charge in [-0.25, -0.2) is 0 Å². The standard InChI is InChI=1S/C36H25N3/c1-2-11-23-22(10-1)26-15-9-16-27-29(21-20-28(23)34(26)27)35-30-14-3-6-17-31(30)37-36(38-35)39-32-18-7-4-12-24(32)25-13-5-8-19-33(25)39/h1-21,31,36-38H. The van der Waals surface area contributed by atoms with Crippen molar-refractivity contribution < 1.29 is 0 Å². The normalized spacial score (nSPS) is 19.1. The summed E-state index contributed by atoms with van der Waals surface area (Å²) in [4.78, 5) is 0. The average Bonchev–Trinajstić information content (AvgIpc) is 3.51. The lowest BCUT2D eigenvalue weighted by atomic mass is 9.90. The van der Waals surface area contributed by atoms with E-state index in [1.807, 2.05) is 0 Å². The summed E-state index contributed by atoms with van der Waals surface area (Å²) in [5.41, 5.74) is 11.5. The number of fused-ring (bicyclic) bond motifs is 7. The molecular formula is C36H25N3. The molecule has 3 aliphatic rings. The van der Waals surface area contributed by atoms with Crippen LogP contribution in [0.1, 0.15) is 11.9 Å². The lowest BCUT2D eigenvalue weighted by Crippen LogP contribution is -2.48. The number of aromatic nitrogens is 1. The van der Waals surface area contributed by atoms with E-state index in [9.17, 15) is 0 Å². The van der Waals surface area contributed by atoms with E-state index in [1.54, 1.807) is 0 Å². The SMILES string of the molecule is C1=CC2=C(c3ccc4c5c(cccc35)-c3ccccc3-4)NC(n3c4ccccc4c4ccccc43)NC2C=C1. The van der Waals surface area contributed by atoms with Crippen molar-refractivity contribution in [2.45, 2.75) is 12.3 Å². The number of allylic oxidation sites excluding steroid dienone is 2. The van der Waals surface area contributed by atoms with Crippen LogP contribution in [-0.4, -0.2) is 10.6 Å². The fourth-order valence-corrected chi connectivity index (χ4v) is 6.99. The fourth-order valence-electron chi connectivity index (χ4n) is 6.99. The minimum absolute atomic E-state index is 0.108. The Bertz CT molecular complexity index is 2010. The van der Waals surface area contributed by atoms with Gasteiger partial charge >= 0.3 is 0 Å². The van der Waals surface area contributed by atoms with E-state index in [1.165, 1.54) is 71.7 Å². The van der Waals surface area contributed by atoms with Gasteiger partial charge in [0.25, 0.3) is 0 Å². The van der Waals surface area contributed by atoms with Gasteiger partial charge in [-0.15, -0.1) is 0 Å². The zero-order chi connectivity index (χ0) is 25.5. The molecule has 0 amide bonds. The topological polar surface area (TPSA) is 29.0 Å². The molecule has 2 heterocycles. The van der Waals surface area contributed by atoms with Gasteiger partial charge in [0.05, 0.1) is 17.1 Å². The Balaban J connectivity index is 1.28. The first-order chi connectivity index (χ1) is 19.4. The van der Waals surface area contributed by atoms with E-state index < -0.39 is 0 Å². The molecule has 0 saturated carbocycles. The maximum atomic E-state index is 3.97. The molecule has 0 spiro atoms. The summed E-state index contributed by atoms with van der Waals surface area (Å²) in [7, 11) is 0. The Kier molecular flexibility index (Phi) is 4.24. The Morgan fingerprint density at radius 2 is 1.15 bits per heavy atom. The van der Waals surface area contributed by atoms with Crippen molar-refractivity contribution >= 4 is 38.3 Å². The third kappa shape index (κ3) is 2.85. The van der Waals surface area contributed by atoms with Crippen molar-refractivity contribution in [1.82, 2.24) is 15.2 Å². The third-order valence-electron chi connectivity index (χ3n) is 8.63. The Morgan fingerprint density at radius 1 is 0.538 bits per heavy atom. The predicted octanol–water partition coefficient (Wildman–Crippen LogP) is 8.15. The molecule has 2 aliphatic carbocycles. The Hall–Kier alpha value is -4.86. The quantitative estimate of drug-likeness (QED) is 0.251. The summed E-state index contributed by atoms with van der Waals surface area (Å²) in [6.45, 7) is 0. The Morgan fingerprint density at radius 3 is 1.92 bits per heavy atom. The second-order valence-corrected chi connectivity index (χ2v) is 10.6. The molecule has 3 heteroatoms. The van der Waals surface area contributed by atoms with Crippen molar-refractivity contribution in [2.75, 3.05) is 0 Å². The molecule has 0 fully saturated rings. The second-order valence-electron chi connectivity index (χ2n) is 10.6. The van der Waals surface area contributed by atoms with Gasteiger partial charge in [-0.2, -0.15) is 0 Å². The number of benzene rings is 5. The van der Waals surface area contributed by atoms with Gasteiger partial charge < -0.3 is 9.88 Å². The van der Waals surface area contributed by atoms with Gasteiger partial charge in [-0.05, 0) is 50.7 Å². The predicted molar refractivity (Wildman–Crippen MR) is 162 cm³/mol. The van der Waals surface area contributed by atoms with Crippen LogP contribution in [0, 0.1) is 0 Å². The number of hydrogen-bond acceptors (Lipinski definition) is 2. The van der Waals surface area contributed by atoms with Gasteiger partial charge in [0.2, 0.25) is 0 Å². The summed E-state index contributed by atoms with van der Waals surface area (Å²) < 4.78 is 2.42. The van der Waals surface area contributed by atoms with Crippen LogP contribution >= 0.6 is 0 Å². The minimum atomic E-state index is -0.116. The monoisotopic (exact) mass is 499 g/mol. The summed E-state index contributed by atoms with van der Waals surface area (Å²) in [6, 6.07) is 37.7. The highest BCUT2D eigenvalue weighted by molar-refractivity contribution is 6.17. The number of para-hydroxylation sites is 2. The van der Waals surface area contributed by atoms with Crippen molar-refractivity contribution in [2.24, 2.45) is 0 Å². The molecule has 0 bridgehead atoms. The molecule has 39 heavy (non-hydrogen) atoms. The Labute approximate surface area is 226 Å². The lowest BCUT2D eigenvalue weighted by Gasteiger charge is -2.37. The highest BCUT2D eigenvalue weighted by Gasteiger charge is 2.31. The minimum Gasteiger partial charge on any atom is -0.352 e. The molecule has 5 aromatic carbocycles. The van der Waals surface area contributed by atoms with Crippen LogP contribution in [0.3, 0.4) is 0 Å². The average molecular weight is 500 g/mol. The number of hydrogen-bond donors (Lipinski definition) is 2. The second kappa shape index (κ2) is 7.83. The first-order valence-electron chi connectivity index (χ1n) is 13.6. The van der Waals surface area contributed by atoms with Gasteiger partial charge in [-0.1, -0.05) is 115 Å². The molecule has 6 aromatic rings. The van der Waals surface area contributed by atoms with Crippen LogP contribution in [0.5, 0.6) is 0 Å². The van der Waals surface area contributed by atoms with Crippen molar-refractivity contribution in [1.29, 1.82) is 0 Å². The highest BCUT2D eigenvalue weighted by atomic mass is 15.3. The van der Waals surface area contributed by atoms with Gasteiger partial charge in [-0.3, -0.25) is 5.32 Å². The van der Waals surface area contributed by atoms with Crippen molar-refractivity contribution in [3.05, 3.63) is 139 Å². The van der Waals surface area contributed by atoms with Crippen molar-refractivity contribution in [3.8, 4) is 22.3 Å². The molecule has 0 radical (unpaired) electrons. The van der Waals surface area contributed by atoms with Gasteiger partial charge in [0.1, 0.15) is 0 Å². The van der Waals surface area contributed by atoms with E-state index in [0.717, 1.165) is 0 Å². The summed E-state index contributed by atoms with van der Waals surface area (Å²) >= 11 is 0. The maximum absolute atomic E-state index is 3.97. The van der Waals surface area contributed by atoms with E-state index >= 15 is 0 Å².